The van der Waals surface area contributed by atoms with E-state index in [0.717, 1.165) is 14.7 Å². The molecular formula is C12H9Br2NO. The Morgan fingerprint density at radius 1 is 0.875 bits per heavy atom. The van der Waals surface area contributed by atoms with Crippen molar-refractivity contribution in [1.29, 1.82) is 0 Å². The second-order valence-electron chi connectivity index (χ2n) is 3.24. The molecule has 4 heteroatoms. The zero-order chi connectivity index (χ0) is 11.5. The van der Waals surface area contributed by atoms with Gasteiger partial charge in [-0.1, -0.05) is 31.9 Å². The van der Waals surface area contributed by atoms with Crippen LogP contribution in [-0.2, 0) is 0 Å². The highest BCUT2D eigenvalue weighted by atomic mass is 79.9. The van der Waals surface area contributed by atoms with Gasteiger partial charge in [0.05, 0.1) is 5.69 Å². The predicted octanol–water partition coefficient (Wildman–Crippen LogP) is 4.59. The highest BCUT2D eigenvalue weighted by molar-refractivity contribution is 9.10. The average Bonchev–Trinajstić information content (AvgIpc) is 2.25. The van der Waals surface area contributed by atoms with Crippen molar-refractivity contribution >= 4 is 37.5 Å². The molecule has 0 aromatic heterocycles. The van der Waals surface area contributed by atoms with Crippen LogP contribution in [-0.4, -0.2) is 0 Å². The van der Waals surface area contributed by atoms with Gasteiger partial charge in [0, 0.05) is 8.95 Å². The summed E-state index contributed by atoms with van der Waals surface area (Å²) in [6.45, 7) is 0. The van der Waals surface area contributed by atoms with E-state index in [1.165, 1.54) is 0 Å². The Hall–Kier alpha value is -1.00. The van der Waals surface area contributed by atoms with Gasteiger partial charge in [-0.2, -0.15) is 0 Å². The third-order valence-corrected chi connectivity index (χ3v) is 3.04. The Balaban J connectivity index is 2.23. The molecule has 2 nitrogen and oxygen atoms in total. The Morgan fingerprint density at radius 2 is 1.50 bits per heavy atom. The Bertz CT molecular complexity index is 497. The maximum Gasteiger partial charge on any atom is 0.150 e. The van der Waals surface area contributed by atoms with Crippen molar-refractivity contribution in [2.45, 2.75) is 0 Å². The molecule has 0 atom stereocenters. The number of nitrogens with two attached hydrogens (primary N) is 1. The van der Waals surface area contributed by atoms with E-state index in [0.29, 0.717) is 11.4 Å². The predicted molar refractivity (Wildman–Crippen MR) is 72.8 cm³/mol. The van der Waals surface area contributed by atoms with Crippen LogP contribution >= 0.6 is 31.9 Å². The summed E-state index contributed by atoms with van der Waals surface area (Å²) in [6, 6.07) is 13.1. The van der Waals surface area contributed by atoms with Gasteiger partial charge in [-0.05, 0) is 42.5 Å². The topological polar surface area (TPSA) is 35.2 Å². The number of rotatable bonds is 2. The molecular weight excluding hydrogens is 334 g/mol. The van der Waals surface area contributed by atoms with Crippen LogP contribution in [0, 0.1) is 0 Å². The van der Waals surface area contributed by atoms with Crippen LogP contribution in [0.3, 0.4) is 0 Å². The first-order chi connectivity index (χ1) is 7.65. The minimum Gasteiger partial charge on any atom is -0.455 e. The number of nitrogen functional groups attached to an aromatic ring is 1. The molecule has 0 aliphatic heterocycles. The highest BCUT2D eigenvalue weighted by Crippen LogP contribution is 2.30. The van der Waals surface area contributed by atoms with E-state index in [-0.39, 0.29) is 0 Å². The smallest absolute Gasteiger partial charge is 0.150 e. The van der Waals surface area contributed by atoms with Gasteiger partial charge in [-0.15, -0.1) is 0 Å². The summed E-state index contributed by atoms with van der Waals surface area (Å²) < 4.78 is 7.61. The fourth-order valence-electron chi connectivity index (χ4n) is 1.24. The highest BCUT2D eigenvalue weighted by Gasteiger charge is 2.02. The first-order valence-corrected chi connectivity index (χ1v) is 6.22. The molecule has 2 aromatic rings. The van der Waals surface area contributed by atoms with Gasteiger partial charge in [0.25, 0.3) is 0 Å². The van der Waals surface area contributed by atoms with Gasteiger partial charge in [0.2, 0.25) is 0 Å². The van der Waals surface area contributed by atoms with E-state index in [2.05, 4.69) is 31.9 Å². The van der Waals surface area contributed by atoms with Crippen LogP contribution in [0.25, 0.3) is 0 Å². The summed E-state index contributed by atoms with van der Waals surface area (Å²) in [6.07, 6.45) is 0. The Morgan fingerprint density at radius 3 is 2.12 bits per heavy atom. The Labute approximate surface area is 111 Å². The molecule has 2 rings (SSSR count). The van der Waals surface area contributed by atoms with Crippen molar-refractivity contribution in [3.8, 4) is 11.5 Å². The molecule has 0 aliphatic rings. The standard InChI is InChI=1S/C12H9Br2NO/c13-8-1-4-10(5-2-8)16-12-6-3-9(14)7-11(12)15/h1-7H,15H2. The van der Waals surface area contributed by atoms with Crippen molar-refractivity contribution in [1.82, 2.24) is 0 Å². The maximum atomic E-state index is 5.83. The molecule has 0 spiro atoms. The summed E-state index contributed by atoms with van der Waals surface area (Å²) in [5.74, 6) is 1.42. The van der Waals surface area contributed by atoms with E-state index in [1.807, 2.05) is 42.5 Å². The first kappa shape index (κ1) is 11.5. The number of benzene rings is 2. The number of anilines is 1. The SMILES string of the molecule is Nc1cc(Br)ccc1Oc1ccc(Br)cc1. The van der Waals surface area contributed by atoms with E-state index >= 15 is 0 Å². The zero-order valence-corrected chi connectivity index (χ0v) is 11.5. The van der Waals surface area contributed by atoms with Crippen LogP contribution in [0.5, 0.6) is 11.5 Å². The molecule has 0 aliphatic carbocycles. The molecule has 0 fully saturated rings. The second kappa shape index (κ2) is 4.89. The minimum absolute atomic E-state index is 0.609. The summed E-state index contributed by atoms with van der Waals surface area (Å²) >= 11 is 6.72. The van der Waals surface area contributed by atoms with Crippen LogP contribution in [0.15, 0.2) is 51.4 Å². The largest absolute Gasteiger partial charge is 0.455 e. The van der Waals surface area contributed by atoms with Gasteiger partial charge in [-0.3, -0.25) is 0 Å². The lowest BCUT2D eigenvalue weighted by atomic mass is 10.3. The average molecular weight is 343 g/mol. The lowest BCUT2D eigenvalue weighted by Gasteiger charge is -2.08. The van der Waals surface area contributed by atoms with Crippen molar-refractivity contribution in [2.24, 2.45) is 0 Å². The van der Waals surface area contributed by atoms with Gasteiger partial charge in [0.1, 0.15) is 11.5 Å². The van der Waals surface area contributed by atoms with Gasteiger partial charge >= 0.3 is 0 Å². The zero-order valence-electron chi connectivity index (χ0n) is 8.28. The van der Waals surface area contributed by atoms with Gasteiger partial charge < -0.3 is 10.5 Å². The normalized spacial score (nSPS) is 10.1. The number of hydrogen-bond donors (Lipinski definition) is 1. The van der Waals surface area contributed by atoms with E-state index < -0.39 is 0 Å². The molecule has 0 heterocycles. The molecule has 0 unspecified atom stereocenters. The lowest BCUT2D eigenvalue weighted by Crippen LogP contribution is -1.91. The quantitative estimate of drug-likeness (QED) is 0.810. The molecule has 0 saturated carbocycles. The van der Waals surface area contributed by atoms with Crippen LogP contribution in [0.2, 0.25) is 0 Å². The van der Waals surface area contributed by atoms with E-state index in [9.17, 15) is 0 Å². The van der Waals surface area contributed by atoms with Gasteiger partial charge in [-0.25, -0.2) is 0 Å². The monoisotopic (exact) mass is 341 g/mol. The maximum absolute atomic E-state index is 5.83. The molecule has 82 valence electrons. The molecule has 16 heavy (non-hydrogen) atoms. The molecule has 0 saturated heterocycles. The third kappa shape index (κ3) is 2.77. The van der Waals surface area contributed by atoms with E-state index in [4.69, 9.17) is 10.5 Å². The summed E-state index contributed by atoms with van der Waals surface area (Å²) in [5.41, 5.74) is 6.44. The molecule has 0 radical (unpaired) electrons. The van der Waals surface area contributed by atoms with Gasteiger partial charge in [0.15, 0.2) is 0 Å². The van der Waals surface area contributed by atoms with Crippen molar-refractivity contribution in [3.63, 3.8) is 0 Å². The summed E-state index contributed by atoms with van der Waals surface area (Å²) in [7, 11) is 0. The van der Waals surface area contributed by atoms with Crippen LogP contribution in [0.4, 0.5) is 5.69 Å². The molecule has 0 amide bonds. The first-order valence-electron chi connectivity index (χ1n) is 4.63. The van der Waals surface area contributed by atoms with Crippen molar-refractivity contribution in [3.05, 3.63) is 51.4 Å². The summed E-state index contributed by atoms with van der Waals surface area (Å²) in [5, 5.41) is 0. The minimum atomic E-state index is 0.609. The van der Waals surface area contributed by atoms with Crippen LogP contribution in [0.1, 0.15) is 0 Å². The number of ether oxygens (including phenoxy) is 1. The number of halogens is 2. The molecule has 0 bridgehead atoms. The summed E-state index contributed by atoms with van der Waals surface area (Å²) in [4.78, 5) is 0. The Kier molecular flexibility index (Phi) is 3.51. The third-order valence-electron chi connectivity index (χ3n) is 2.01. The molecule has 2 aromatic carbocycles. The van der Waals surface area contributed by atoms with Crippen molar-refractivity contribution < 1.29 is 4.74 Å². The fraction of sp³-hybridized carbons (Fsp3) is 0. The second-order valence-corrected chi connectivity index (χ2v) is 5.07. The van der Waals surface area contributed by atoms with Crippen LogP contribution < -0.4 is 10.5 Å². The number of hydrogen-bond acceptors (Lipinski definition) is 2. The fourth-order valence-corrected chi connectivity index (χ4v) is 1.88. The van der Waals surface area contributed by atoms with Crippen molar-refractivity contribution in [2.75, 3.05) is 5.73 Å². The van der Waals surface area contributed by atoms with E-state index in [1.54, 1.807) is 0 Å². The lowest BCUT2D eigenvalue weighted by molar-refractivity contribution is 0.485. The molecule has 2 N–H and O–H groups in total.